The minimum atomic E-state index is -1.13. The number of rotatable bonds is 9. The van der Waals surface area contributed by atoms with Crippen LogP contribution in [0, 0.1) is 0 Å². The second-order valence-corrected chi connectivity index (χ2v) is 6.60. The summed E-state index contributed by atoms with van der Waals surface area (Å²) in [5.41, 5.74) is 4.40. The number of para-hydroxylation sites is 1. The topological polar surface area (TPSA) is 105 Å². The highest BCUT2D eigenvalue weighted by Crippen LogP contribution is 2.29. The lowest BCUT2D eigenvalue weighted by Crippen LogP contribution is -2.23. The molecular weight excluding hydrogens is 418 g/mol. The predicted octanol–water partition coefficient (Wildman–Crippen LogP) is 4.28. The van der Waals surface area contributed by atoms with Gasteiger partial charge in [-0.15, -0.1) is 0 Å². The van der Waals surface area contributed by atoms with Gasteiger partial charge in [0.15, 0.2) is 16.6 Å². The van der Waals surface area contributed by atoms with E-state index in [1.807, 2.05) is 43.3 Å². The maximum absolute atomic E-state index is 10.9. The number of aromatic carboxylic acids is 1. The van der Waals surface area contributed by atoms with Crippen LogP contribution in [-0.2, 0) is 6.61 Å². The Morgan fingerprint density at radius 2 is 1.94 bits per heavy atom. The number of anilines is 1. The Kier molecular flexibility index (Phi) is 7.61. The first-order valence-corrected chi connectivity index (χ1v) is 9.82. The van der Waals surface area contributed by atoms with E-state index in [2.05, 4.69) is 15.8 Å². The molecule has 0 aliphatic rings. The molecule has 0 fully saturated rings. The third-order valence-electron chi connectivity index (χ3n) is 3.92. The normalized spacial score (nSPS) is 10.6. The number of furan rings is 1. The van der Waals surface area contributed by atoms with Gasteiger partial charge in [0.25, 0.3) is 0 Å². The summed E-state index contributed by atoms with van der Waals surface area (Å²) in [6, 6.07) is 17.8. The minimum Gasteiger partial charge on any atom is -0.490 e. The number of hydrogen-bond donors (Lipinski definition) is 3. The number of carboxylic acid groups (broad SMARTS) is 1. The second-order valence-electron chi connectivity index (χ2n) is 6.19. The molecule has 160 valence electrons. The van der Waals surface area contributed by atoms with Gasteiger partial charge in [-0.3, -0.25) is 5.43 Å². The van der Waals surface area contributed by atoms with E-state index in [9.17, 15) is 4.79 Å². The summed E-state index contributed by atoms with van der Waals surface area (Å²) >= 11 is 5.21. The van der Waals surface area contributed by atoms with Gasteiger partial charge in [-0.1, -0.05) is 18.2 Å². The quantitative estimate of drug-likeness (QED) is 0.258. The Labute approximate surface area is 184 Å². The molecule has 0 aliphatic carbocycles. The van der Waals surface area contributed by atoms with Crippen molar-refractivity contribution in [3.63, 3.8) is 0 Å². The highest BCUT2D eigenvalue weighted by molar-refractivity contribution is 7.80. The van der Waals surface area contributed by atoms with Gasteiger partial charge in [-0.2, -0.15) is 5.10 Å². The third kappa shape index (κ3) is 6.58. The number of benzene rings is 2. The molecule has 1 aromatic heterocycles. The first-order valence-electron chi connectivity index (χ1n) is 9.42. The summed E-state index contributed by atoms with van der Waals surface area (Å²) in [5.74, 6) is 0.163. The van der Waals surface area contributed by atoms with Crippen LogP contribution >= 0.6 is 12.2 Å². The summed E-state index contributed by atoms with van der Waals surface area (Å²) in [4.78, 5) is 10.9. The third-order valence-corrected chi connectivity index (χ3v) is 4.11. The molecular formula is C22H21N3O5S. The van der Waals surface area contributed by atoms with Crippen molar-refractivity contribution in [2.24, 2.45) is 5.10 Å². The molecule has 0 bridgehead atoms. The number of carboxylic acids is 1. The van der Waals surface area contributed by atoms with Crippen molar-refractivity contribution >= 4 is 35.2 Å². The molecule has 1 heterocycles. The van der Waals surface area contributed by atoms with Crippen molar-refractivity contribution in [1.82, 2.24) is 5.43 Å². The molecule has 31 heavy (non-hydrogen) atoms. The zero-order chi connectivity index (χ0) is 22.1. The number of thiocarbonyl (C=S) groups is 1. The first kappa shape index (κ1) is 21.8. The zero-order valence-corrected chi connectivity index (χ0v) is 17.5. The highest BCUT2D eigenvalue weighted by atomic mass is 32.1. The van der Waals surface area contributed by atoms with Crippen LogP contribution in [0.25, 0.3) is 0 Å². The molecule has 3 N–H and O–H groups in total. The zero-order valence-electron chi connectivity index (χ0n) is 16.7. The summed E-state index contributed by atoms with van der Waals surface area (Å²) in [6.45, 7) is 2.39. The first-order chi connectivity index (χ1) is 15.0. The summed E-state index contributed by atoms with van der Waals surface area (Å²) in [6.07, 6.45) is 1.61. The van der Waals surface area contributed by atoms with Gasteiger partial charge in [0.2, 0.25) is 5.76 Å². The summed E-state index contributed by atoms with van der Waals surface area (Å²) < 4.78 is 16.6. The van der Waals surface area contributed by atoms with E-state index in [4.69, 9.17) is 31.2 Å². The minimum absolute atomic E-state index is 0.0712. The summed E-state index contributed by atoms with van der Waals surface area (Å²) in [5, 5.41) is 16.5. The number of hydrazone groups is 1. The Bertz CT molecular complexity index is 1070. The average molecular weight is 439 g/mol. The fraction of sp³-hybridized carbons (Fsp3) is 0.136. The smallest absolute Gasteiger partial charge is 0.371 e. The maximum atomic E-state index is 10.9. The van der Waals surface area contributed by atoms with Crippen molar-refractivity contribution < 1.29 is 23.8 Å². The largest absolute Gasteiger partial charge is 0.490 e. The van der Waals surface area contributed by atoms with Gasteiger partial charge in [0.1, 0.15) is 12.4 Å². The van der Waals surface area contributed by atoms with Crippen LogP contribution in [0.3, 0.4) is 0 Å². The van der Waals surface area contributed by atoms with E-state index < -0.39 is 5.97 Å². The fourth-order valence-corrected chi connectivity index (χ4v) is 2.73. The Hall–Kier alpha value is -3.85. The van der Waals surface area contributed by atoms with E-state index in [-0.39, 0.29) is 12.4 Å². The molecule has 0 saturated carbocycles. The van der Waals surface area contributed by atoms with Crippen LogP contribution in [0.15, 0.2) is 70.2 Å². The Morgan fingerprint density at radius 3 is 2.65 bits per heavy atom. The second kappa shape index (κ2) is 10.8. The van der Waals surface area contributed by atoms with Gasteiger partial charge >= 0.3 is 5.97 Å². The molecule has 0 amide bonds. The molecule has 0 unspecified atom stereocenters. The SMILES string of the molecule is CCOc1cc(C=NNC(=S)Nc2ccccc2)ccc1OCc1ccc(C(=O)O)o1. The van der Waals surface area contributed by atoms with Gasteiger partial charge < -0.3 is 24.3 Å². The number of nitrogens with zero attached hydrogens (tertiary/aromatic N) is 1. The van der Waals surface area contributed by atoms with Crippen LogP contribution in [-0.4, -0.2) is 29.0 Å². The van der Waals surface area contributed by atoms with Crippen molar-refractivity contribution in [2.75, 3.05) is 11.9 Å². The van der Waals surface area contributed by atoms with Crippen LogP contribution < -0.4 is 20.2 Å². The molecule has 9 heteroatoms. The van der Waals surface area contributed by atoms with Crippen molar-refractivity contribution in [3.8, 4) is 11.5 Å². The van der Waals surface area contributed by atoms with Crippen molar-refractivity contribution in [3.05, 3.63) is 77.7 Å². The molecule has 0 atom stereocenters. The van der Waals surface area contributed by atoms with E-state index in [1.165, 1.54) is 6.07 Å². The van der Waals surface area contributed by atoms with Gasteiger partial charge in [-0.25, -0.2) is 4.79 Å². The molecule has 0 radical (unpaired) electrons. The molecule has 2 aromatic carbocycles. The lowest BCUT2D eigenvalue weighted by atomic mass is 10.2. The van der Waals surface area contributed by atoms with Gasteiger partial charge in [0, 0.05) is 5.69 Å². The van der Waals surface area contributed by atoms with E-state index >= 15 is 0 Å². The Balaban J connectivity index is 1.60. The number of ether oxygens (including phenoxy) is 2. The molecule has 0 saturated heterocycles. The number of carbonyl (C=O) groups is 1. The molecule has 0 aliphatic heterocycles. The number of hydrogen-bond acceptors (Lipinski definition) is 6. The fourth-order valence-electron chi connectivity index (χ4n) is 2.56. The van der Waals surface area contributed by atoms with Crippen LogP contribution in [0.2, 0.25) is 0 Å². The van der Waals surface area contributed by atoms with Gasteiger partial charge in [-0.05, 0) is 67.2 Å². The molecule has 3 rings (SSSR count). The molecule has 8 nitrogen and oxygen atoms in total. The lowest BCUT2D eigenvalue weighted by molar-refractivity contribution is 0.0658. The van der Waals surface area contributed by atoms with Crippen LogP contribution in [0.4, 0.5) is 5.69 Å². The van der Waals surface area contributed by atoms with E-state index in [1.54, 1.807) is 24.4 Å². The summed E-state index contributed by atoms with van der Waals surface area (Å²) in [7, 11) is 0. The van der Waals surface area contributed by atoms with E-state index in [0.29, 0.717) is 29.0 Å². The van der Waals surface area contributed by atoms with Crippen LogP contribution in [0.5, 0.6) is 11.5 Å². The van der Waals surface area contributed by atoms with Crippen LogP contribution in [0.1, 0.15) is 28.8 Å². The lowest BCUT2D eigenvalue weighted by Gasteiger charge is -2.12. The standard InChI is InChI=1S/C22H21N3O5S/c1-2-28-20-12-15(13-23-25-22(31)24-16-6-4-3-5-7-16)8-10-18(20)29-14-17-9-11-19(30-17)21(26)27/h3-13H,2,14H2,1H3,(H,26,27)(H2,24,25,31). The highest BCUT2D eigenvalue weighted by Gasteiger charge is 2.11. The van der Waals surface area contributed by atoms with E-state index in [0.717, 1.165) is 11.3 Å². The van der Waals surface area contributed by atoms with Crippen molar-refractivity contribution in [1.29, 1.82) is 0 Å². The molecule has 3 aromatic rings. The average Bonchev–Trinajstić information content (AvgIpc) is 3.24. The predicted molar refractivity (Wildman–Crippen MR) is 121 cm³/mol. The molecule has 0 spiro atoms. The van der Waals surface area contributed by atoms with Crippen molar-refractivity contribution in [2.45, 2.75) is 13.5 Å². The maximum Gasteiger partial charge on any atom is 0.371 e. The van der Waals surface area contributed by atoms with Gasteiger partial charge in [0.05, 0.1) is 12.8 Å². The Morgan fingerprint density at radius 1 is 1.13 bits per heavy atom. The number of nitrogens with one attached hydrogen (secondary N) is 2. The monoisotopic (exact) mass is 439 g/mol.